The summed E-state index contributed by atoms with van der Waals surface area (Å²) in [6, 6.07) is 12.2. The lowest BCUT2D eigenvalue weighted by Crippen LogP contribution is -1.89. The number of methoxy groups -OCH3 is 1. The third-order valence-corrected chi connectivity index (χ3v) is 3.29. The summed E-state index contributed by atoms with van der Waals surface area (Å²) in [4.78, 5) is 4.70. The van der Waals surface area contributed by atoms with Crippen molar-refractivity contribution in [2.45, 2.75) is 13.8 Å². The molecule has 0 atom stereocenters. The fraction of sp³-hybridized carbons (Fsp3) is 0.188. The first kappa shape index (κ1) is 11.8. The van der Waals surface area contributed by atoms with Crippen LogP contribution in [0.15, 0.2) is 42.6 Å². The number of benzene rings is 1. The van der Waals surface area contributed by atoms with Crippen molar-refractivity contribution in [2.75, 3.05) is 7.11 Å². The van der Waals surface area contributed by atoms with Gasteiger partial charge in [0, 0.05) is 17.5 Å². The highest BCUT2D eigenvalue weighted by Crippen LogP contribution is 2.29. The maximum Gasteiger partial charge on any atom is 0.137 e. The van der Waals surface area contributed by atoms with Crippen LogP contribution in [0.2, 0.25) is 0 Å². The molecule has 0 saturated carbocycles. The van der Waals surface area contributed by atoms with E-state index in [1.807, 2.05) is 24.3 Å². The van der Waals surface area contributed by atoms with Gasteiger partial charge in [0.15, 0.2) is 0 Å². The maximum atomic E-state index is 5.40. The minimum Gasteiger partial charge on any atom is -0.496 e. The van der Waals surface area contributed by atoms with Gasteiger partial charge in [0.25, 0.3) is 0 Å². The Balaban J connectivity index is 2.23. The van der Waals surface area contributed by atoms with Crippen LogP contribution in [0.25, 0.3) is 16.9 Å². The van der Waals surface area contributed by atoms with E-state index in [1.54, 1.807) is 7.11 Å². The average Bonchev–Trinajstić information content (AvgIpc) is 2.82. The van der Waals surface area contributed by atoms with E-state index in [0.29, 0.717) is 0 Å². The summed E-state index contributed by atoms with van der Waals surface area (Å²) in [5.41, 5.74) is 5.33. The molecule has 0 aliphatic rings. The number of ether oxygens (including phenoxy) is 1. The third kappa shape index (κ3) is 1.97. The summed E-state index contributed by atoms with van der Waals surface area (Å²) in [5.74, 6) is 0.847. The van der Waals surface area contributed by atoms with Gasteiger partial charge < -0.3 is 9.14 Å². The summed E-state index contributed by atoms with van der Waals surface area (Å²) in [5, 5.41) is 0. The highest BCUT2D eigenvalue weighted by molar-refractivity contribution is 5.69. The lowest BCUT2D eigenvalue weighted by Gasteiger charge is -2.04. The topological polar surface area (TPSA) is 26.5 Å². The Morgan fingerprint density at radius 1 is 1.11 bits per heavy atom. The third-order valence-electron chi connectivity index (χ3n) is 3.29. The second-order valence-electron chi connectivity index (χ2n) is 4.73. The molecule has 0 amide bonds. The van der Waals surface area contributed by atoms with E-state index in [2.05, 4.69) is 36.6 Å². The Hall–Kier alpha value is -2.29. The van der Waals surface area contributed by atoms with Crippen molar-refractivity contribution in [3.63, 3.8) is 0 Å². The van der Waals surface area contributed by atoms with Crippen LogP contribution in [0.5, 0.6) is 5.75 Å². The average molecular weight is 252 g/mol. The van der Waals surface area contributed by atoms with Gasteiger partial charge in [0.2, 0.25) is 0 Å². The lowest BCUT2D eigenvalue weighted by atomic mass is 10.1. The van der Waals surface area contributed by atoms with E-state index in [9.17, 15) is 0 Å². The summed E-state index contributed by atoms with van der Waals surface area (Å²) < 4.78 is 7.51. The predicted molar refractivity (Wildman–Crippen MR) is 76.7 cm³/mol. The summed E-state index contributed by atoms with van der Waals surface area (Å²) in [6.45, 7) is 4.18. The van der Waals surface area contributed by atoms with Crippen LogP contribution in [0.3, 0.4) is 0 Å². The molecule has 2 aromatic heterocycles. The van der Waals surface area contributed by atoms with Crippen molar-refractivity contribution in [3.8, 4) is 17.0 Å². The monoisotopic (exact) mass is 252 g/mol. The van der Waals surface area contributed by atoms with Crippen molar-refractivity contribution in [3.05, 3.63) is 53.9 Å². The Morgan fingerprint density at radius 2 is 1.89 bits per heavy atom. The Labute approximate surface area is 112 Å². The first-order chi connectivity index (χ1) is 9.19. The maximum absolute atomic E-state index is 5.40. The van der Waals surface area contributed by atoms with Crippen molar-refractivity contribution in [2.24, 2.45) is 0 Å². The van der Waals surface area contributed by atoms with E-state index in [1.165, 1.54) is 11.3 Å². The van der Waals surface area contributed by atoms with Crippen LogP contribution in [0, 0.1) is 13.8 Å². The van der Waals surface area contributed by atoms with Crippen molar-refractivity contribution in [1.82, 2.24) is 9.38 Å². The molecule has 3 rings (SSSR count). The summed E-state index contributed by atoms with van der Waals surface area (Å²) in [6.07, 6.45) is 2.06. The normalized spacial score (nSPS) is 10.9. The first-order valence-corrected chi connectivity index (χ1v) is 6.29. The molecule has 0 N–H and O–H groups in total. The largest absolute Gasteiger partial charge is 0.496 e. The highest BCUT2D eigenvalue weighted by Gasteiger charge is 2.10. The molecule has 3 heteroatoms. The fourth-order valence-electron chi connectivity index (χ4n) is 2.41. The fourth-order valence-corrected chi connectivity index (χ4v) is 2.41. The number of pyridine rings is 1. The van der Waals surface area contributed by atoms with E-state index in [0.717, 1.165) is 22.7 Å². The van der Waals surface area contributed by atoms with Crippen LogP contribution in [0.1, 0.15) is 11.3 Å². The molecule has 1 aromatic carbocycles. The molecule has 2 heterocycles. The zero-order chi connectivity index (χ0) is 13.4. The van der Waals surface area contributed by atoms with Crippen LogP contribution in [-0.2, 0) is 0 Å². The zero-order valence-electron chi connectivity index (χ0n) is 11.3. The molecule has 3 nitrogen and oxygen atoms in total. The van der Waals surface area contributed by atoms with Crippen LogP contribution in [-0.4, -0.2) is 16.5 Å². The van der Waals surface area contributed by atoms with Gasteiger partial charge in [0.05, 0.1) is 12.8 Å². The Kier molecular flexibility index (Phi) is 2.75. The van der Waals surface area contributed by atoms with Crippen LogP contribution < -0.4 is 4.74 Å². The number of aromatic nitrogens is 2. The quantitative estimate of drug-likeness (QED) is 0.696. The molecule has 0 unspecified atom stereocenters. The number of imidazole rings is 1. The van der Waals surface area contributed by atoms with E-state index >= 15 is 0 Å². The molecule has 0 aliphatic heterocycles. The van der Waals surface area contributed by atoms with Gasteiger partial charge in [0.1, 0.15) is 11.4 Å². The van der Waals surface area contributed by atoms with Gasteiger partial charge in [-0.05, 0) is 43.7 Å². The van der Waals surface area contributed by atoms with Crippen molar-refractivity contribution >= 4 is 5.65 Å². The molecule has 0 spiro atoms. The number of rotatable bonds is 2. The zero-order valence-corrected chi connectivity index (χ0v) is 11.3. The van der Waals surface area contributed by atoms with Gasteiger partial charge in [-0.2, -0.15) is 0 Å². The van der Waals surface area contributed by atoms with Gasteiger partial charge in [-0.3, -0.25) is 0 Å². The Morgan fingerprint density at radius 3 is 2.68 bits per heavy atom. The van der Waals surface area contributed by atoms with Crippen molar-refractivity contribution in [1.29, 1.82) is 0 Å². The van der Waals surface area contributed by atoms with Crippen LogP contribution >= 0.6 is 0 Å². The summed E-state index contributed by atoms with van der Waals surface area (Å²) in [7, 11) is 1.68. The van der Waals surface area contributed by atoms with Crippen molar-refractivity contribution < 1.29 is 4.74 Å². The number of aryl methyl sites for hydroxylation is 2. The highest BCUT2D eigenvalue weighted by atomic mass is 16.5. The van der Waals surface area contributed by atoms with E-state index < -0.39 is 0 Å². The van der Waals surface area contributed by atoms with E-state index in [4.69, 9.17) is 9.72 Å². The molecule has 19 heavy (non-hydrogen) atoms. The summed E-state index contributed by atoms with van der Waals surface area (Å²) >= 11 is 0. The number of hydrogen-bond acceptors (Lipinski definition) is 2. The standard InChI is InChI=1S/C16H16N2O/c1-11-8-12(2)18-10-14(17-16(18)9-11)13-6-4-5-7-15(13)19-3/h4-10H,1-3H3. The first-order valence-electron chi connectivity index (χ1n) is 6.29. The molecule has 96 valence electrons. The molecular weight excluding hydrogens is 236 g/mol. The lowest BCUT2D eigenvalue weighted by molar-refractivity contribution is 0.416. The van der Waals surface area contributed by atoms with Gasteiger partial charge in [-0.15, -0.1) is 0 Å². The number of para-hydroxylation sites is 1. The minimum absolute atomic E-state index is 0.847. The molecular formula is C16H16N2O. The molecule has 0 radical (unpaired) electrons. The van der Waals surface area contributed by atoms with Gasteiger partial charge in [-0.25, -0.2) is 4.98 Å². The molecule has 0 fully saturated rings. The van der Waals surface area contributed by atoms with Crippen LogP contribution in [0.4, 0.5) is 0 Å². The molecule has 0 saturated heterocycles. The second-order valence-corrected chi connectivity index (χ2v) is 4.73. The second kappa shape index (κ2) is 4.43. The predicted octanol–water partition coefficient (Wildman–Crippen LogP) is 3.63. The molecule has 0 bridgehead atoms. The number of hydrogen-bond donors (Lipinski definition) is 0. The van der Waals surface area contributed by atoms with Gasteiger partial charge in [-0.1, -0.05) is 12.1 Å². The van der Waals surface area contributed by atoms with Gasteiger partial charge >= 0.3 is 0 Å². The molecule has 0 aliphatic carbocycles. The minimum atomic E-state index is 0.847. The smallest absolute Gasteiger partial charge is 0.137 e. The molecule has 3 aromatic rings. The van der Waals surface area contributed by atoms with E-state index in [-0.39, 0.29) is 0 Å². The SMILES string of the molecule is COc1ccccc1-c1cn2c(C)cc(C)cc2n1. The Bertz CT molecular complexity index is 744. The number of nitrogens with zero attached hydrogens (tertiary/aromatic N) is 2. The number of fused-ring (bicyclic) bond motifs is 1.